The number of nitrogens with zero attached hydrogens (tertiary/aromatic N) is 2. The lowest BCUT2D eigenvalue weighted by atomic mass is 10.2. The summed E-state index contributed by atoms with van der Waals surface area (Å²) in [6.45, 7) is 0.699. The second-order valence-corrected chi connectivity index (χ2v) is 5.98. The normalized spacial score (nSPS) is 11.0. The summed E-state index contributed by atoms with van der Waals surface area (Å²) in [4.78, 5) is 13.0. The molecule has 0 bridgehead atoms. The molecule has 5 heteroatoms. The summed E-state index contributed by atoms with van der Waals surface area (Å²) in [6.07, 6.45) is 6.07. The fraction of sp³-hybridized carbons (Fsp3) is 0.111. The molecule has 3 aromatic rings. The molecular formula is C18H16N2O2S. The summed E-state index contributed by atoms with van der Waals surface area (Å²) in [6, 6.07) is 15.8. The van der Waals surface area contributed by atoms with Crippen molar-refractivity contribution in [3.63, 3.8) is 0 Å². The Bertz CT molecular complexity index is 818. The Hall–Kier alpha value is -2.66. The Balaban J connectivity index is 1.67. The third-order valence-electron chi connectivity index (χ3n) is 3.29. The van der Waals surface area contributed by atoms with E-state index in [0.717, 1.165) is 10.6 Å². The van der Waals surface area contributed by atoms with Crippen LogP contribution in [0.25, 0.3) is 16.6 Å². The predicted octanol–water partition coefficient (Wildman–Crippen LogP) is 4.11. The van der Waals surface area contributed by atoms with E-state index >= 15 is 0 Å². The SMILES string of the molecule is COC(=O)c1ccc(-c2ccn(C/C=C/c3ccccc3)n2)s1. The van der Waals surface area contributed by atoms with Crippen molar-refractivity contribution in [3.05, 3.63) is 71.2 Å². The van der Waals surface area contributed by atoms with Crippen LogP contribution in [0.3, 0.4) is 0 Å². The molecule has 0 N–H and O–H groups in total. The van der Waals surface area contributed by atoms with Gasteiger partial charge in [-0.3, -0.25) is 4.68 Å². The standard InChI is InChI=1S/C18H16N2O2S/c1-22-18(21)17-10-9-16(23-17)15-11-13-20(19-15)12-5-8-14-6-3-2-4-7-14/h2-11,13H,12H2,1H3/b8-5+. The summed E-state index contributed by atoms with van der Waals surface area (Å²) in [5.41, 5.74) is 2.03. The first kappa shape index (κ1) is 15.2. The molecule has 0 amide bonds. The summed E-state index contributed by atoms with van der Waals surface area (Å²) in [5.74, 6) is -0.313. The zero-order valence-electron chi connectivity index (χ0n) is 12.7. The number of hydrogen-bond donors (Lipinski definition) is 0. The van der Waals surface area contributed by atoms with Crippen LogP contribution in [-0.4, -0.2) is 22.9 Å². The zero-order chi connectivity index (χ0) is 16.1. The van der Waals surface area contributed by atoms with Crippen molar-refractivity contribution in [2.75, 3.05) is 7.11 Å². The van der Waals surface area contributed by atoms with Gasteiger partial charge >= 0.3 is 5.97 Å². The molecule has 4 nitrogen and oxygen atoms in total. The van der Waals surface area contributed by atoms with Gasteiger partial charge in [0.1, 0.15) is 10.6 Å². The van der Waals surface area contributed by atoms with Crippen LogP contribution >= 0.6 is 11.3 Å². The van der Waals surface area contributed by atoms with Crippen LogP contribution in [0.15, 0.2) is 60.8 Å². The minimum Gasteiger partial charge on any atom is -0.465 e. The van der Waals surface area contributed by atoms with Crippen LogP contribution in [-0.2, 0) is 11.3 Å². The topological polar surface area (TPSA) is 44.1 Å². The number of thiophene rings is 1. The molecule has 0 fully saturated rings. The number of carbonyl (C=O) groups is 1. The first-order chi connectivity index (χ1) is 11.3. The first-order valence-electron chi connectivity index (χ1n) is 7.20. The number of rotatable bonds is 5. The quantitative estimate of drug-likeness (QED) is 0.663. The molecule has 0 aliphatic carbocycles. The Morgan fingerprint density at radius 2 is 2.04 bits per heavy atom. The molecule has 0 spiro atoms. The average molecular weight is 324 g/mol. The number of allylic oxidation sites excluding steroid dienone is 1. The van der Waals surface area contributed by atoms with Crippen LogP contribution in [0.5, 0.6) is 0 Å². The molecular weight excluding hydrogens is 308 g/mol. The highest BCUT2D eigenvalue weighted by Gasteiger charge is 2.11. The Labute approximate surface area is 138 Å². The van der Waals surface area contributed by atoms with Gasteiger partial charge in [-0.25, -0.2) is 4.79 Å². The lowest BCUT2D eigenvalue weighted by Gasteiger charge is -1.96. The number of hydrogen-bond acceptors (Lipinski definition) is 4. The second kappa shape index (κ2) is 7.07. The van der Waals surface area contributed by atoms with Gasteiger partial charge in [0, 0.05) is 6.20 Å². The van der Waals surface area contributed by atoms with E-state index in [1.54, 1.807) is 6.07 Å². The van der Waals surface area contributed by atoms with E-state index in [1.165, 1.54) is 24.0 Å². The van der Waals surface area contributed by atoms with Gasteiger partial charge in [0.2, 0.25) is 0 Å². The van der Waals surface area contributed by atoms with Gasteiger partial charge in [0.25, 0.3) is 0 Å². The van der Waals surface area contributed by atoms with Crippen LogP contribution in [0, 0.1) is 0 Å². The van der Waals surface area contributed by atoms with Crippen LogP contribution < -0.4 is 0 Å². The van der Waals surface area contributed by atoms with Gasteiger partial charge in [-0.15, -0.1) is 11.3 Å². The van der Waals surface area contributed by atoms with Gasteiger partial charge in [-0.05, 0) is 23.8 Å². The smallest absolute Gasteiger partial charge is 0.348 e. The van der Waals surface area contributed by atoms with E-state index in [2.05, 4.69) is 29.4 Å². The highest BCUT2D eigenvalue weighted by molar-refractivity contribution is 7.17. The molecule has 0 aliphatic heterocycles. The Kier molecular flexibility index (Phi) is 4.68. The fourth-order valence-electron chi connectivity index (χ4n) is 2.14. The monoisotopic (exact) mass is 324 g/mol. The Morgan fingerprint density at radius 1 is 1.22 bits per heavy atom. The van der Waals surface area contributed by atoms with Gasteiger partial charge < -0.3 is 4.74 Å². The van der Waals surface area contributed by atoms with E-state index in [-0.39, 0.29) is 5.97 Å². The summed E-state index contributed by atoms with van der Waals surface area (Å²) in [7, 11) is 1.38. The lowest BCUT2D eigenvalue weighted by Crippen LogP contribution is -1.96. The minimum atomic E-state index is -0.313. The molecule has 116 valence electrons. The fourth-order valence-corrected chi connectivity index (χ4v) is 3.03. The van der Waals surface area contributed by atoms with Crippen molar-refractivity contribution >= 4 is 23.4 Å². The molecule has 0 saturated carbocycles. The number of aromatic nitrogens is 2. The number of carbonyl (C=O) groups excluding carboxylic acids is 1. The van der Waals surface area contributed by atoms with Gasteiger partial charge in [-0.2, -0.15) is 5.10 Å². The van der Waals surface area contributed by atoms with Crippen molar-refractivity contribution < 1.29 is 9.53 Å². The molecule has 2 heterocycles. The van der Waals surface area contributed by atoms with Crippen LogP contribution in [0.2, 0.25) is 0 Å². The lowest BCUT2D eigenvalue weighted by molar-refractivity contribution is 0.0606. The highest BCUT2D eigenvalue weighted by atomic mass is 32.1. The molecule has 0 radical (unpaired) electrons. The van der Waals surface area contributed by atoms with E-state index in [1.807, 2.05) is 41.2 Å². The zero-order valence-corrected chi connectivity index (χ0v) is 13.5. The second-order valence-electron chi connectivity index (χ2n) is 4.89. The van der Waals surface area contributed by atoms with Gasteiger partial charge in [0.05, 0.1) is 18.5 Å². The van der Waals surface area contributed by atoms with E-state index < -0.39 is 0 Å². The van der Waals surface area contributed by atoms with Crippen molar-refractivity contribution in [2.45, 2.75) is 6.54 Å². The third kappa shape index (κ3) is 3.76. The highest BCUT2D eigenvalue weighted by Crippen LogP contribution is 2.27. The number of esters is 1. The van der Waals surface area contributed by atoms with Gasteiger partial charge in [0.15, 0.2) is 0 Å². The molecule has 1 aromatic carbocycles. The summed E-state index contributed by atoms with van der Waals surface area (Å²) in [5, 5.41) is 4.53. The average Bonchev–Trinajstić information content (AvgIpc) is 3.24. The van der Waals surface area contributed by atoms with Crippen molar-refractivity contribution in [1.29, 1.82) is 0 Å². The van der Waals surface area contributed by atoms with Crippen molar-refractivity contribution in [3.8, 4) is 10.6 Å². The minimum absolute atomic E-state index is 0.313. The van der Waals surface area contributed by atoms with Crippen LogP contribution in [0.1, 0.15) is 15.2 Å². The summed E-state index contributed by atoms with van der Waals surface area (Å²) >= 11 is 1.38. The van der Waals surface area contributed by atoms with E-state index in [9.17, 15) is 4.79 Å². The maximum atomic E-state index is 11.5. The molecule has 0 atom stereocenters. The first-order valence-corrected chi connectivity index (χ1v) is 8.01. The Morgan fingerprint density at radius 3 is 2.83 bits per heavy atom. The number of ether oxygens (including phenoxy) is 1. The van der Waals surface area contributed by atoms with Crippen molar-refractivity contribution in [2.24, 2.45) is 0 Å². The number of methoxy groups -OCH3 is 1. The van der Waals surface area contributed by atoms with Crippen LogP contribution in [0.4, 0.5) is 0 Å². The molecule has 3 rings (SSSR count). The largest absolute Gasteiger partial charge is 0.465 e. The molecule has 2 aromatic heterocycles. The predicted molar refractivity (Wildman–Crippen MR) is 92.4 cm³/mol. The van der Waals surface area contributed by atoms with E-state index in [0.29, 0.717) is 11.4 Å². The van der Waals surface area contributed by atoms with Gasteiger partial charge in [-0.1, -0.05) is 42.5 Å². The summed E-state index contributed by atoms with van der Waals surface area (Å²) < 4.78 is 6.59. The van der Waals surface area contributed by atoms with E-state index in [4.69, 9.17) is 4.74 Å². The molecule has 0 saturated heterocycles. The molecule has 0 unspecified atom stereocenters. The third-order valence-corrected chi connectivity index (χ3v) is 4.38. The maximum absolute atomic E-state index is 11.5. The van der Waals surface area contributed by atoms with Crippen molar-refractivity contribution in [1.82, 2.24) is 9.78 Å². The maximum Gasteiger partial charge on any atom is 0.348 e. The molecule has 23 heavy (non-hydrogen) atoms. The molecule has 0 aliphatic rings. The number of benzene rings is 1.